The number of aliphatic hydroxyl groups is 2. The van der Waals surface area contributed by atoms with E-state index in [4.69, 9.17) is 13.1 Å². The third-order valence-electron chi connectivity index (χ3n) is 8.00. The average Bonchev–Trinajstić information content (AvgIpc) is 2.68. The highest BCUT2D eigenvalue weighted by Gasteiger charge is 2.48. The molecule has 0 bridgehead atoms. The Hall–Kier alpha value is -0.0800. The fraction of sp³-hybridized carbons (Fsp3) is 1.00. The van der Waals surface area contributed by atoms with Crippen LogP contribution < -0.4 is 0 Å². The Kier molecular flexibility index (Phi) is 4.91. The van der Waals surface area contributed by atoms with Crippen LogP contribution in [0.4, 0.5) is 0 Å². The van der Waals surface area contributed by atoms with Gasteiger partial charge in [0.05, 0.1) is 12.2 Å². The lowest BCUT2D eigenvalue weighted by atomic mass is 9.52. The van der Waals surface area contributed by atoms with Gasteiger partial charge in [-0.15, -0.1) is 0 Å². The Balaban J connectivity index is 1.74. The number of rotatable bonds is 5. The SMILES string of the molecule is [2H]OC1CCC(C(C)(C2CCC(C)CC2)C2CCC(O[2H])CC2)CC1. The summed E-state index contributed by atoms with van der Waals surface area (Å²) in [4.78, 5) is 0. The van der Waals surface area contributed by atoms with Crippen molar-refractivity contribution in [2.75, 3.05) is 0 Å². The molecule has 2 nitrogen and oxygen atoms in total. The van der Waals surface area contributed by atoms with Crippen LogP contribution in [0.1, 0.15) is 90.9 Å². The van der Waals surface area contributed by atoms with E-state index in [2.05, 4.69) is 13.8 Å². The second-order valence-corrected chi connectivity index (χ2v) is 9.27. The largest absolute Gasteiger partial charge is 0.393 e. The van der Waals surface area contributed by atoms with Gasteiger partial charge < -0.3 is 10.2 Å². The summed E-state index contributed by atoms with van der Waals surface area (Å²) in [5.41, 5.74) is 0.431. The Morgan fingerprint density at radius 2 is 1.00 bits per heavy atom. The molecule has 3 rings (SSSR count). The summed E-state index contributed by atoms with van der Waals surface area (Å²) in [5.74, 6) is 3.34. The van der Waals surface area contributed by atoms with Crippen molar-refractivity contribution in [2.45, 2.75) is 103 Å². The summed E-state index contributed by atoms with van der Waals surface area (Å²) in [6.45, 7) is 5.04. The molecule has 0 atom stereocenters. The van der Waals surface area contributed by atoms with Gasteiger partial charge in [-0.1, -0.05) is 26.7 Å². The lowest BCUT2D eigenvalue weighted by molar-refractivity contribution is -0.0609. The third kappa shape index (κ3) is 3.79. The first-order chi connectivity index (χ1) is 12.1. The van der Waals surface area contributed by atoms with Crippen molar-refractivity contribution in [3.63, 3.8) is 0 Å². The van der Waals surface area contributed by atoms with Crippen LogP contribution in [0, 0.1) is 29.1 Å². The minimum atomic E-state index is 0.166. The lowest BCUT2D eigenvalue weighted by Crippen LogP contribution is -2.46. The molecule has 3 aliphatic carbocycles. The molecule has 0 aromatic rings. The Morgan fingerprint density at radius 1 is 0.652 bits per heavy atom. The van der Waals surface area contributed by atoms with Gasteiger partial charge in [-0.25, -0.2) is 0 Å². The average molecular weight is 325 g/mol. The molecule has 3 fully saturated rings. The molecular weight excluding hydrogens is 284 g/mol. The van der Waals surface area contributed by atoms with E-state index in [9.17, 15) is 0 Å². The summed E-state index contributed by atoms with van der Waals surface area (Å²) in [7, 11) is 0. The van der Waals surface area contributed by atoms with Crippen molar-refractivity contribution in [2.24, 2.45) is 29.1 Å². The molecule has 2 N–H and O–H groups in total. The van der Waals surface area contributed by atoms with Crippen LogP contribution in [0.15, 0.2) is 0 Å². The molecule has 3 aliphatic rings. The van der Waals surface area contributed by atoms with E-state index >= 15 is 0 Å². The monoisotopic (exact) mass is 324 g/mol. The Labute approximate surface area is 146 Å². The predicted molar refractivity (Wildman–Crippen MR) is 95.2 cm³/mol. The highest BCUT2D eigenvalue weighted by atomic mass is 16.3. The Bertz CT molecular complexity index is 369. The van der Waals surface area contributed by atoms with E-state index in [0.717, 1.165) is 49.4 Å². The molecule has 0 spiro atoms. The molecule has 0 heterocycles. The van der Waals surface area contributed by atoms with Gasteiger partial charge in [0.15, 0.2) is 0 Å². The van der Waals surface area contributed by atoms with E-state index < -0.39 is 0 Å². The normalized spacial score (nSPS) is 46.5. The maximum atomic E-state index is 7.24. The minimum absolute atomic E-state index is 0.166. The molecule has 2 heteroatoms. The first-order valence-electron chi connectivity index (χ1n) is 11.1. The first kappa shape index (κ1) is 15.2. The molecule has 23 heavy (non-hydrogen) atoms. The number of hydrogen-bond donors (Lipinski definition) is 2. The van der Waals surface area contributed by atoms with Crippen LogP contribution in [-0.2, 0) is 0 Å². The van der Waals surface area contributed by atoms with Crippen LogP contribution in [0.3, 0.4) is 0 Å². The van der Waals surface area contributed by atoms with Crippen molar-refractivity contribution >= 4 is 0 Å². The Morgan fingerprint density at radius 3 is 1.35 bits per heavy atom. The lowest BCUT2D eigenvalue weighted by Gasteiger charge is -2.54. The van der Waals surface area contributed by atoms with E-state index in [1.807, 2.05) is 0 Å². The van der Waals surface area contributed by atoms with Gasteiger partial charge in [0.1, 0.15) is 0 Å². The zero-order valence-corrected chi connectivity index (χ0v) is 15.3. The van der Waals surface area contributed by atoms with Crippen LogP contribution in [0.2, 0.25) is 0 Å². The van der Waals surface area contributed by atoms with Gasteiger partial charge >= 0.3 is 0 Å². The van der Waals surface area contributed by atoms with Crippen LogP contribution in [-0.4, -0.2) is 25.3 Å². The summed E-state index contributed by atoms with van der Waals surface area (Å²) < 4.78 is 14.5. The highest BCUT2D eigenvalue weighted by Crippen LogP contribution is 2.56. The van der Waals surface area contributed by atoms with Crippen LogP contribution in [0.25, 0.3) is 0 Å². The maximum absolute atomic E-state index is 7.24. The molecule has 134 valence electrons. The quantitative estimate of drug-likeness (QED) is 0.753. The van der Waals surface area contributed by atoms with E-state index in [-0.39, 0.29) is 12.2 Å². The summed E-state index contributed by atoms with van der Waals surface area (Å²) in [6, 6.07) is 0. The molecule has 0 radical (unpaired) electrons. The van der Waals surface area contributed by atoms with E-state index in [0.29, 0.717) is 5.41 Å². The molecule has 0 amide bonds. The standard InChI is InChI=1S/C21H38O2/c1-15-3-5-16(6-4-15)21(2,17-7-11-19(22)12-8-17)18-9-13-20(23)14-10-18/h15-20,22-23H,3-14H2,1-2H3/i22D,23D. The number of aliphatic hydroxyl groups excluding tert-OH is 2. The second-order valence-electron chi connectivity index (χ2n) is 9.27. The second kappa shape index (κ2) is 7.44. The van der Waals surface area contributed by atoms with Crippen molar-refractivity contribution in [3.8, 4) is 0 Å². The van der Waals surface area contributed by atoms with Crippen molar-refractivity contribution in [1.82, 2.24) is 0 Å². The van der Waals surface area contributed by atoms with E-state index in [1.54, 1.807) is 0 Å². The molecule has 0 unspecified atom stereocenters. The molecule has 0 aromatic heterocycles. The highest BCUT2D eigenvalue weighted by molar-refractivity contribution is 4.98. The van der Waals surface area contributed by atoms with Crippen LogP contribution in [0.5, 0.6) is 0 Å². The smallest absolute Gasteiger partial charge is 0.210 e. The molecule has 0 aromatic carbocycles. The van der Waals surface area contributed by atoms with Crippen molar-refractivity contribution in [1.29, 1.82) is 2.86 Å². The van der Waals surface area contributed by atoms with Crippen molar-refractivity contribution in [3.05, 3.63) is 0 Å². The minimum Gasteiger partial charge on any atom is -0.393 e. The predicted octanol–water partition coefficient (Wildman–Crippen LogP) is 4.92. The fourth-order valence-corrected chi connectivity index (χ4v) is 6.25. The molecular formula is C21H38O2. The van der Waals surface area contributed by atoms with Gasteiger partial charge in [0, 0.05) is 0 Å². The molecule has 0 aliphatic heterocycles. The maximum Gasteiger partial charge on any atom is 0.210 e. The van der Waals surface area contributed by atoms with Gasteiger partial charge in [-0.2, -0.15) is 0 Å². The molecule has 0 saturated heterocycles. The fourth-order valence-electron chi connectivity index (χ4n) is 6.25. The summed E-state index contributed by atoms with van der Waals surface area (Å²) in [6.07, 6.45) is 15.2. The van der Waals surface area contributed by atoms with Crippen molar-refractivity contribution < 1.29 is 10.2 Å². The zero-order valence-electron chi connectivity index (χ0n) is 17.3. The summed E-state index contributed by atoms with van der Waals surface area (Å²) in [5, 5.41) is 9.80. The van der Waals surface area contributed by atoms with E-state index in [1.165, 1.54) is 51.4 Å². The zero-order chi connectivity index (χ0) is 17.9. The van der Waals surface area contributed by atoms with Gasteiger partial charge in [0.25, 0.3) is 0 Å². The summed E-state index contributed by atoms with van der Waals surface area (Å²) >= 11 is 0. The van der Waals surface area contributed by atoms with Gasteiger partial charge in [-0.3, -0.25) is 0 Å². The topological polar surface area (TPSA) is 40.5 Å². The first-order valence-corrected chi connectivity index (χ1v) is 10.3. The third-order valence-corrected chi connectivity index (χ3v) is 8.00. The van der Waals surface area contributed by atoms with Crippen LogP contribution >= 0.6 is 0 Å². The number of hydrogen-bond acceptors (Lipinski definition) is 2. The molecule has 3 saturated carbocycles. The van der Waals surface area contributed by atoms with Gasteiger partial charge in [0.2, 0.25) is 2.86 Å². The van der Waals surface area contributed by atoms with Gasteiger partial charge in [-0.05, 0) is 93.3 Å².